The van der Waals surface area contributed by atoms with Crippen molar-refractivity contribution in [3.8, 4) is 0 Å². The van der Waals surface area contributed by atoms with Gasteiger partial charge in [0.25, 0.3) is 5.69 Å². The second-order valence-corrected chi connectivity index (χ2v) is 3.55. The Morgan fingerprint density at radius 2 is 2.18 bits per heavy atom. The van der Waals surface area contributed by atoms with Gasteiger partial charge in [0.15, 0.2) is 5.52 Å². The van der Waals surface area contributed by atoms with Gasteiger partial charge in [-0.2, -0.15) is 0 Å². The van der Waals surface area contributed by atoms with Gasteiger partial charge in [0, 0.05) is 6.07 Å². The summed E-state index contributed by atoms with van der Waals surface area (Å²) in [6.45, 7) is 0. The van der Waals surface area contributed by atoms with Gasteiger partial charge >= 0.3 is 0 Å². The maximum atomic E-state index is 10.9. The van der Waals surface area contributed by atoms with Crippen LogP contribution in [-0.2, 0) is 0 Å². The first-order chi connectivity index (χ1) is 8.18. The third-order valence-corrected chi connectivity index (χ3v) is 2.58. The zero-order valence-corrected chi connectivity index (χ0v) is 8.57. The molecule has 84 valence electrons. The molecule has 1 aromatic carbocycles. The highest BCUT2D eigenvalue weighted by atomic mass is 16.6. The summed E-state index contributed by atoms with van der Waals surface area (Å²) in [6, 6.07) is 4.75. The lowest BCUT2D eigenvalue weighted by molar-refractivity contribution is -0.383. The number of fused-ring (bicyclic) bond motifs is 3. The van der Waals surface area contributed by atoms with E-state index in [-0.39, 0.29) is 17.0 Å². The second kappa shape index (κ2) is 3.14. The number of non-ortho nitro benzene ring substituents is 1. The maximum absolute atomic E-state index is 10.9. The van der Waals surface area contributed by atoms with Gasteiger partial charge in [-0.05, 0) is 6.07 Å². The standard InChI is InChI=1S/C10H7N5O2/c11-10-8-4-12-5-14(8)6-2-1-3-7(15(16)17)9(6)13-10/h1-5H,(H2,11,13). The molecular formula is C10H7N5O2. The summed E-state index contributed by atoms with van der Waals surface area (Å²) >= 11 is 0. The molecule has 3 aromatic rings. The number of anilines is 1. The van der Waals surface area contributed by atoms with Crippen molar-refractivity contribution < 1.29 is 4.92 Å². The van der Waals surface area contributed by atoms with E-state index in [4.69, 9.17) is 5.73 Å². The SMILES string of the molecule is Nc1nc2c([N+](=O)[O-])cccc2n2cncc12. The molecule has 0 spiro atoms. The lowest BCUT2D eigenvalue weighted by atomic mass is 10.2. The summed E-state index contributed by atoms with van der Waals surface area (Å²) in [5.41, 5.74) is 7.19. The van der Waals surface area contributed by atoms with Crippen molar-refractivity contribution in [2.24, 2.45) is 0 Å². The topological polar surface area (TPSA) is 99.3 Å². The van der Waals surface area contributed by atoms with Crippen LogP contribution < -0.4 is 5.73 Å². The van der Waals surface area contributed by atoms with Crippen LogP contribution in [0.1, 0.15) is 0 Å². The zero-order chi connectivity index (χ0) is 12.0. The number of hydrogen-bond donors (Lipinski definition) is 1. The number of imidazole rings is 1. The molecule has 0 bridgehead atoms. The Morgan fingerprint density at radius 3 is 2.94 bits per heavy atom. The second-order valence-electron chi connectivity index (χ2n) is 3.55. The minimum absolute atomic E-state index is 0.0650. The quantitative estimate of drug-likeness (QED) is 0.501. The number of nitrogen functional groups attached to an aromatic ring is 1. The number of nitrogens with two attached hydrogens (primary N) is 1. The molecule has 2 aromatic heterocycles. The number of para-hydroxylation sites is 1. The van der Waals surface area contributed by atoms with Crippen molar-refractivity contribution in [2.45, 2.75) is 0 Å². The minimum Gasteiger partial charge on any atom is -0.382 e. The van der Waals surface area contributed by atoms with Gasteiger partial charge in [0.1, 0.15) is 11.3 Å². The van der Waals surface area contributed by atoms with Gasteiger partial charge in [0.05, 0.1) is 23.0 Å². The first-order valence-corrected chi connectivity index (χ1v) is 4.83. The zero-order valence-electron chi connectivity index (χ0n) is 8.57. The highest BCUT2D eigenvalue weighted by Gasteiger charge is 2.16. The van der Waals surface area contributed by atoms with Crippen LogP contribution in [0.3, 0.4) is 0 Å². The molecule has 0 saturated heterocycles. The van der Waals surface area contributed by atoms with Crippen molar-refractivity contribution in [3.63, 3.8) is 0 Å². The summed E-state index contributed by atoms with van der Waals surface area (Å²) in [7, 11) is 0. The maximum Gasteiger partial charge on any atom is 0.297 e. The fourth-order valence-corrected chi connectivity index (χ4v) is 1.83. The van der Waals surface area contributed by atoms with Gasteiger partial charge in [-0.25, -0.2) is 9.97 Å². The minimum atomic E-state index is -0.475. The third-order valence-electron chi connectivity index (χ3n) is 2.58. The summed E-state index contributed by atoms with van der Waals surface area (Å²) < 4.78 is 1.69. The van der Waals surface area contributed by atoms with Crippen LogP contribution in [-0.4, -0.2) is 19.3 Å². The van der Waals surface area contributed by atoms with E-state index in [0.717, 1.165) is 0 Å². The molecule has 3 rings (SSSR count). The molecule has 0 aliphatic carbocycles. The summed E-state index contributed by atoms with van der Waals surface area (Å²) in [5.74, 6) is 0.226. The van der Waals surface area contributed by atoms with E-state index in [1.807, 2.05) is 0 Å². The molecule has 0 saturated carbocycles. The Balaban J connectivity index is 2.58. The Hall–Kier alpha value is -2.70. The Bertz CT molecular complexity index is 749. The van der Waals surface area contributed by atoms with E-state index >= 15 is 0 Å². The molecule has 0 aliphatic heterocycles. The lowest BCUT2D eigenvalue weighted by Gasteiger charge is -2.04. The number of aromatic nitrogens is 3. The number of nitro groups is 1. The molecule has 2 N–H and O–H groups in total. The van der Waals surface area contributed by atoms with E-state index in [0.29, 0.717) is 11.0 Å². The largest absolute Gasteiger partial charge is 0.382 e. The van der Waals surface area contributed by atoms with E-state index in [9.17, 15) is 10.1 Å². The highest BCUT2D eigenvalue weighted by Crippen LogP contribution is 2.26. The molecule has 7 heteroatoms. The summed E-state index contributed by atoms with van der Waals surface area (Å²) in [5, 5.41) is 10.9. The van der Waals surface area contributed by atoms with Crippen molar-refractivity contribution in [2.75, 3.05) is 5.73 Å². The molecule has 0 unspecified atom stereocenters. The lowest BCUT2D eigenvalue weighted by Crippen LogP contribution is -2.00. The molecule has 2 heterocycles. The van der Waals surface area contributed by atoms with Crippen molar-refractivity contribution >= 4 is 28.1 Å². The van der Waals surface area contributed by atoms with Gasteiger partial charge in [0.2, 0.25) is 0 Å². The van der Waals surface area contributed by atoms with Crippen molar-refractivity contribution in [1.29, 1.82) is 0 Å². The number of nitrogens with zero attached hydrogens (tertiary/aromatic N) is 4. The predicted molar refractivity (Wildman–Crippen MR) is 61.6 cm³/mol. The van der Waals surface area contributed by atoms with Gasteiger partial charge in [-0.3, -0.25) is 14.5 Å². The highest BCUT2D eigenvalue weighted by molar-refractivity contribution is 5.89. The van der Waals surface area contributed by atoms with E-state index in [1.54, 1.807) is 29.1 Å². The Kier molecular flexibility index (Phi) is 1.76. The molecule has 0 radical (unpaired) electrons. The third kappa shape index (κ3) is 1.22. The fourth-order valence-electron chi connectivity index (χ4n) is 1.83. The van der Waals surface area contributed by atoms with Crippen LogP contribution >= 0.6 is 0 Å². The molecule has 0 fully saturated rings. The van der Waals surface area contributed by atoms with Crippen LogP contribution in [0.25, 0.3) is 16.6 Å². The van der Waals surface area contributed by atoms with Crippen LogP contribution in [0.2, 0.25) is 0 Å². The van der Waals surface area contributed by atoms with Crippen molar-refractivity contribution in [1.82, 2.24) is 14.4 Å². The molecular weight excluding hydrogens is 222 g/mol. The van der Waals surface area contributed by atoms with Crippen LogP contribution in [0.5, 0.6) is 0 Å². The van der Waals surface area contributed by atoms with Gasteiger partial charge in [-0.15, -0.1) is 0 Å². The van der Waals surface area contributed by atoms with Crippen LogP contribution in [0.4, 0.5) is 11.5 Å². The average molecular weight is 229 g/mol. The number of rotatable bonds is 1. The first-order valence-electron chi connectivity index (χ1n) is 4.83. The molecule has 0 atom stereocenters. The first kappa shape index (κ1) is 9.52. The molecule has 0 aliphatic rings. The van der Waals surface area contributed by atoms with E-state index in [2.05, 4.69) is 9.97 Å². The Labute approximate surface area is 94.7 Å². The molecule has 17 heavy (non-hydrogen) atoms. The normalized spacial score (nSPS) is 11.1. The molecule has 0 amide bonds. The summed E-state index contributed by atoms with van der Waals surface area (Å²) in [6.07, 6.45) is 3.13. The fraction of sp³-hybridized carbons (Fsp3) is 0. The van der Waals surface area contributed by atoms with Gasteiger partial charge in [-0.1, -0.05) is 6.07 Å². The van der Waals surface area contributed by atoms with Crippen molar-refractivity contribution in [3.05, 3.63) is 40.8 Å². The number of hydrogen-bond acceptors (Lipinski definition) is 5. The smallest absolute Gasteiger partial charge is 0.297 e. The molecule has 7 nitrogen and oxygen atoms in total. The average Bonchev–Trinajstić information content (AvgIpc) is 2.78. The Morgan fingerprint density at radius 1 is 1.35 bits per heavy atom. The predicted octanol–water partition coefficient (Wildman–Crippen LogP) is 1.37. The number of benzene rings is 1. The van der Waals surface area contributed by atoms with Crippen LogP contribution in [0.15, 0.2) is 30.7 Å². The summed E-state index contributed by atoms with van der Waals surface area (Å²) in [4.78, 5) is 18.5. The van der Waals surface area contributed by atoms with E-state index in [1.165, 1.54) is 6.07 Å². The van der Waals surface area contributed by atoms with E-state index < -0.39 is 4.92 Å². The number of nitro benzene ring substituents is 1. The monoisotopic (exact) mass is 229 g/mol. The van der Waals surface area contributed by atoms with Gasteiger partial charge < -0.3 is 5.73 Å². The van der Waals surface area contributed by atoms with Crippen LogP contribution in [0, 0.1) is 10.1 Å².